The average molecular weight is 297 g/mol. The van der Waals surface area contributed by atoms with Crippen LogP contribution in [-0.4, -0.2) is 0 Å². The Labute approximate surface area is 122 Å². The molecule has 0 aliphatic carbocycles. The molecule has 21 heavy (non-hydrogen) atoms. The Morgan fingerprint density at radius 1 is 0.952 bits per heavy atom. The summed E-state index contributed by atoms with van der Waals surface area (Å²) in [6.07, 6.45) is -4.30. The van der Waals surface area contributed by atoms with Gasteiger partial charge >= 0.3 is 6.18 Å². The second-order valence-corrected chi connectivity index (χ2v) is 5.18. The van der Waals surface area contributed by atoms with E-state index in [1.54, 1.807) is 0 Å². The van der Waals surface area contributed by atoms with Crippen molar-refractivity contribution in [3.05, 3.63) is 59.0 Å². The summed E-state index contributed by atoms with van der Waals surface area (Å²) in [5, 5.41) is 3.31. The number of alkyl halides is 3. The quantitative estimate of drug-likeness (QED) is 0.857. The van der Waals surface area contributed by atoms with Gasteiger partial charge in [0.05, 0.1) is 11.6 Å². The summed E-state index contributed by atoms with van der Waals surface area (Å²) in [5.74, 6) is 1.65. The number of hydrogen-bond donors (Lipinski definition) is 1. The Kier molecular flexibility index (Phi) is 4.42. The molecule has 0 bridgehead atoms. The van der Waals surface area contributed by atoms with E-state index in [4.69, 9.17) is 4.42 Å². The standard InChI is InChI=1S/C16H18F3NO/c1-10-4-9-15(21-10)12(3)20-11(2)13-5-7-14(8-6-13)16(17,18)19/h4-9,11-12,20H,1-3H3. The Morgan fingerprint density at radius 3 is 2.05 bits per heavy atom. The molecule has 0 saturated carbocycles. The minimum atomic E-state index is -4.30. The van der Waals surface area contributed by atoms with Gasteiger partial charge < -0.3 is 9.73 Å². The average Bonchev–Trinajstić information content (AvgIpc) is 2.84. The molecule has 2 nitrogen and oxygen atoms in total. The second kappa shape index (κ2) is 5.93. The molecule has 5 heteroatoms. The molecule has 2 unspecified atom stereocenters. The third-order valence-electron chi connectivity index (χ3n) is 3.43. The summed E-state index contributed by atoms with van der Waals surface area (Å²) >= 11 is 0. The third kappa shape index (κ3) is 3.88. The SMILES string of the molecule is Cc1ccc(C(C)NC(C)c2ccc(C(F)(F)F)cc2)o1. The van der Waals surface area contributed by atoms with Gasteiger partial charge in [-0.3, -0.25) is 0 Å². The Balaban J connectivity index is 2.04. The van der Waals surface area contributed by atoms with Crippen LogP contribution in [0.4, 0.5) is 13.2 Å². The smallest absolute Gasteiger partial charge is 0.416 e. The third-order valence-corrected chi connectivity index (χ3v) is 3.43. The maximum absolute atomic E-state index is 12.5. The first kappa shape index (κ1) is 15.6. The minimum Gasteiger partial charge on any atom is -0.465 e. The van der Waals surface area contributed by atoms with Crippen molar-refractivity contribution in [2.75, 3.05) is 0 Å². The van der Waals surface area contributed by atoms with E-state index in [-0.39, 0.29) is 12.1 Å². The maximum atomic E-state index is 12.5. The van der Waals surface area contributed by atoms with Gasteiger partial charge in [-0.2, -0.15) is 13.2 Å². The number of aryl methyl sites for hydroxylation is 1. The predicted molar refractivity (Wildman–Crippen MR) is 74.9 cm³/mol. The van der Waals surface area contributed by atoms with Crippen molar-refractivity contribution in [1.29, 1.82) is 0 Å². The van der Waals surface area contributed by atoms with Crippen LogP contribution < -0.4 is 5.32 Å². The van der Waals surface area contributed by atoms with E-state index in [0.717, 1.165) is 29.2 Å². The van der Waals surface area contributed by atoms with Crippen molar-refractivity contribution in [1.82, 2.24) is 5.32 Å². The highest BCUT2D eigenvalue weighted by Gasteiger charge is 2.30. The van der Waals surface area contributed by atoms with E-state index in [2.05, 4.69) is 5.32 Å². The van der Waals surface area contributed by atoms with Gasteiger partial charge in [-0.25, -0.2) is 0 Å². The van der Waals surface area contributed by atoms with Gasteiger partial charge in [-0.05, 0) is 50.6 Å². The van der Waals surface area contributed by atoms with Crippen molar-refractivity contribution in [3.63, 3.8) is 0 Å². The molecule has 1 N–H and O–H groups in total. The summed E-state index contributed by atoms with van der Waals surface area (Å²) in [6, 6.07) is 8.90. The lowest BCUT2D eigenvalue weighted by molar-refractivity contribution is -0.137. The summed E-state index contributed by atoms with van der Waals surface area (Å²) in [5.41, 5.74) is 0.172. The van der Waals surface area contributed by atoms with Gasteiger partial charge in [0.2, 0.25) is 0 Å². The molecular formula is C16H18F3NO. The zero-order chi connectivity index (χ0) is 15.6. The molecule has 1 heterocycles. The number of furan rings is 1. The topological polar surface area (TPSA) is 25.2 Å². The molecule has 0 aliphatic rings. The molecule has 1 aromatic carbocycles. The second-order valence-electron chi connectivity index (χ2n) is 5.18. The molecule has 2 atom stereocenters. The summed E-state index contributed by atoms with van der Waals surface area (Å²) in [7, 11) is 0. The fourth-order valence-corrected chi connectivity index (χ4v) is 2.20. The van der Waals surface area contributed by atoms with Crippen molar-refractivity contribution in [3.8, 4) is 0 Å². The fraction of sp³-hybridized carbons (Fsp3) is 0.375. The molecule has 0 amide bonds. The highest BCUT2D eigenvalue weighted by Crippen LogP contribution is 2.30. The first-order chi connectivity index (χ1) is 9.77. The van der Waals surface area contributed by atoms with E-state index in [0.29, 0.717) is 0 Å². The predicted octanol–water partition coefficient (Wildman–Crippen LogP) is 5.02. The van der Waals surface area contributed by atoms with Gasteiger partial charge in [0.1, 0.15) is 11.5 Å². The monoisotopic (exact) mass is 297 g/mol. The van der Waals surface area contributed by atoms with Crippen LogP contribution in [0.5, 0.6) is 0 Å². The Hall–Kier alpha value is -1.75. The highest BCUT2D eigenvalue weighted by atomic mass is 19.4. The molecule has 114 valence electrons. The fourth-order valence-electron chi connectivity index (χ4n) is 2.20. The van der Waals surface area contributed by atoms with Gasteiger partial charge in [0.15, 0.2) is 0 Å². The summed E-state index contributed by atoms with van der Waals surface area (Å²) < 4.78 is 43.1. The lowest BCUT2D eigenvalue weighted by atomic mass is 10.0. The van der Waals surface area contributed by atoms with E-state index >= 15 is 0 Å². The minimum absolute atomic E-state index is 0.0176. The lowest BCUT2D eigenvalue weighted by Crippen LogP contribution is -2.22. The van der Waals surface area contributed by atoms with Gasteiger partial charge in [-0.15, -0.1) is 0 Å². The van der Waals surface area contributed by atoms with Gasteiger partial charge in [-0.1, -0.05) is 12.1 Å². The maximum Gasteiger partial charge on any atom is 0.416 e. The number of hydrogen-bond acceptors (Lipinski definition) is 2. The van der Waals surface area contributed by atoms with Crippen molar-refractivity contribution >= 4 is 0 Å². The zero-order valence-corrected chi connectivity index (χ0v) is 12.2. The molecule has 0 fully saturated rings. The number of benzene rings is 1. The molecule has 0 saturated heterocycles. The number of halogens is 3. The van der Waals surface area contributed by atoms with Crippen molar-refractivity contribution in [2.45, 2.75) is 39.0 Å². The summed E-state index contributed by atoms with van der Waals surface area (Å²) in [6.45, 7) is 5.74. The number of rotatable bonds is 4. The number of nitrogens with one attached hydrogen (secondary N) is 1. The normalized spacial score (nSPS) is 15.0. The van der Waals surface area contributed by atoms with Crippen molar-refractivity contribution < 1.29 is 17.6 Å². The molecule has 0 radical (unpaired) electrons. The largest absolute Gasteiger partial charge is 0.465 e. The van der Waals surface area contributed by atoms with E-state index in [9.17, 15) is 13.2 Å². The van der Waals surface area contributed by atoms with Crippen LogP contribution in [0, 0.1) is 6.92 Å². The van der Waals surface area contributed by atoms with Gasteiger partial charge in [0.25, 0.3) is 0 Å². The molecule has 0 spiro atoms. The highest BCUT2D eigenvalue weighted by molar-refractivity contribution is 5.26. The molecule has 2 rings (SSSR count). The molecule has 0 aliphatic heterocycles. The van der Waals surface area contributed by atoms with Crippen LogP contribution in [0.15, 0.2) is 40.8 Å². The zero-order valence-electron chi connectivity index (χ0n) is 12.2. The first-order valence-corrected chi connectivity index (χ1v) is 6.77. The van der Waals surface area contributed by atoms with Crippen molar-refractivity contribution in [2.24, 2.45) is 0 Å². The Bertz CT molecular complexity index is 586. The first-order valence-electron chi connectivity index (χ1n) is 6.77. The van der Waals surface area contributed by atoms with Crippen LogP contribution in [-0.2, 0) is 6.18 Å². The van der Waals surface area contributed by atoms with Gasteiger partial charge in [0, 0.05) is 6.04 Å². The van der Waals surface area contributed by atoms with E-state index < -0.39 is 11.7 Å². The lowest BCUT2D eigenvalue weighted by Gasteiger charge is -2.19. The Morgan fingerprint density at radius 2 is 1.57 bits per heavy atom. The van der Waals surface area contributed by atoms with E-state index in [1.165, 1.54) is 12.1 Å². The van der Waals surface area contributed by atoms with E-state index in [1.807, 2.05) is 32.9 Å². The summed E-state index contributed by atoms with van der Waals surface area (Å²) in [4.78, 5) is 0. The van der Waals surface area contributed by atoms with Crippen LogP contribution in [0.2, 0.25) is 0 Å². The van der Waals surface area contributed by atoms with Crippen LogP contribution in [0.3, 0.4) is 0 Å². The molecule has 2 aromatic rings. The molecule has 1 aromatic heterocycles. The van der Waals surface area contributed by atoms with Crippen LogP contribution >= 0.6 is 0 Å². The molecular weight excluding hydrogens is 279 g/mol. The van der Waals surface area contributed by atoms with Crippen LogP contribution in [0.25, 0.3) is 0 Å². The van der Waals surface area contributed by atoms with Crippen LogP contribution in [0.1, 0.15) is 48.6 Å².